The zero-order valence-corrected chi connectivity index (χ0v) is 6.19. The number of hydrogen-bond donors (Lipinski definition) is 3. The number of aliphatic hydroxyl groups excluding tert-OH is 3. The van der Waals surface area contributed by atoms with Crippen LogP contribution in [0.25, 0.3) is 0 Å². The van der Waals surface area contributed by atoms with Crippen molar-refractivity contribution in [2.24, 2.45) is 0 Å². The summed E-state index contributed by atoms with van der Waals surface area (Å²) in [6.07, 6.45) is 0. The Kier molecular flexibility index (Phi) is 7.07. The molecule has 0 fully saturated rings. The molecule has 0 atom stereocenters. The largest absolute Gasteiger partial charge is 0.583 e. The van der Waals surface area contributed by atoms with E-state index in [0.717, 1.165) is 0 Å². The molecule has 0 aromatic rings. The van der Waals surface area contributed by atoms with E-state index >= 15 is 0 Å². The molecule has 0 bridgehead atoms. The minimum absolute atomic E-state index is 0.561. The molecular formula is C3H9O6Si. The van der Waals surface area contributed by atoms with E-state index in [2.05, 4.69) is 13.3 Å². The Morgan fingerprint density at radius 3 is 1.30 bits per heavy atom. The fourth-order valence-corrected chi connectivity index (χ4v) is 0.849. The second kappa shape index (κ2) is 7.09. The molecule has 1 radical (unpaired) electrons. The van der Waals surface area contributed by atoms with Crippen molar-refractivity contribution in [1.82, 2.24) is 0 Å². The van der Waals surface area contributed by atoms with Gasteiger partial charge in [0.2, 0.25) is 0 Å². The number of rotatable bonds is 6. The van der Waals surface area contributed by atoms with Gasteiger partial charge in [-0.05, 0) is 0 Å². The first-order valence-corrected chi connectivity index (χ1v) is 3.65. The average Bonchev–Trinajstić information content (AvgIpc) is 1.90. The summed E-state index contributed by atoms with van der Waals surface area (Å²) in [5.74, 6) is 0. The van der Waals surface area contributed by atoms with Gasteiger partial charge in [0.25, 0.3) is 0 Å². The second-order valence-corrected chi connectivity index (χ2v) is 2.44. The summed E-state index contributed by atoms with van der Waals surface area (Å²) in [4.78, 5) is 0. The molecule has 0 aliphatic heterocycles. The van der Waals surface area contributed by atoms with Crippen LogP contribution in [-0.2, 0) is 13.3 Å². The molecule has 61 valence electrons. The highest BCUT2D eigenvalue weighted by Gasteiger charge is 2.17. The quantitative estimate of drug-likeness (QED) is 0.311. The molecule has 0 aliphatic rings. The summed E-state index contributed by atoms with van der Waals surface area (Å²) in [7, 11) is -2.15. The lowest BCUT2D eigenvalue weighted by Gasteiger charge is -2.08. The van der Waals surface area contributed by atoms with E-state index < -0.39 is 29.9 Å². The molecule has 10 heavy (non-hydrogen) atoms. The molecule has 0 heterocycles. The maximum atomic E-state index is 8.17. The summed E-state index contributed by atoms with van der Waals surface area (Å²) < 4.78 is 13.2. The van der Waals surface area contributed by atoms with E-state index in [1.807, 2.05) is 0 Å². The van der Waals surface area contributed by atoms with Crippen molar-refractivity contribution in [2.45, 2.75) is 0 Å². The highest BCUT2D eigenvalue weighted by atomic mass is 28.3. The smallest absolute Gasteiger partial charge is 0.372 e. The summed E-state index contributed by atoms with van der Waals surface area (Å²) in [6, 6.07) is 0. The van der Waals surface area contributed by atoms with Crippen LogP contribution in [0.15, 0.2) is 0 Å². The van der Waals surface area contributed by atoms with E-state index in [0.29, 0.717) is 0 Å². The first-order valence-electron chi connectivity index (χ1n) is 2.43. The first-order chi connectivity index (χ1) is 4.85. The van der Waals surface area contributed by atoms with Crippen LogP contribution >= 0.6 is 0 Å². The summed E-state index contributed by atoms with van der Waals surface area (Å²) >= 11 is 0. The molecular weight excluding hydrogens is 160 g/mol. The predicted octanol–water partition coefficient (Wildman–Crippen LogP) is -2.13. The van der Waals surface area contributed by atoms with Crippen molar-refractivity contribution in [3.05, 3.63) is 0 Å². The van der Waals surface area contributed by atoms with E-state index in [-0.39, 0.29) is 0 Å². The molecule has 0 aliphatic carbocycles. The molecule has 0 saturated heterocycles. The molecule has 0 spiro atoms. The van der Waals surface area contributed by atoms with Crippen molar-refractivity contribution in [3.8, 4) is 0 Å². The van der Waals surface area contributed by atoms with Gasteiger partial charge in [-0.1, -0.05) is 0 Å². The maximum absolute atomic E-state index is 8.17. The van der Waals surface area contributed by atoms with Gasteiger partial charge < -0.3 is 28.6 Å². The molecule has 3 N–H and O–H groups in total. The zero-order chi connectivity index (χ0) is 7.82. The van der Waals surface area contributed by atoms with Crippen LogP contribution in [0.4, 0.5) is 0 Å². The van der Waals surface area contributed by atoms with Gasteiger partial charge >= 0.3 is 9.53 Å². The Morgan fingerprint density at radius 2 is 1.10 bits per heavy atom. The fraction of sp³-hybridized carbons (Fsp3) is 1.00. The van der Waals surface area contributed by atoms with Crippen molar-refractivity contribution in [3.63, 3.8) is 0 Å². The standard InChI is InChI=1S/C3H9O6Si/c4-1-7-10(8-2-5)9-3-6/h4-6H,1-3H2. The Balaban J connectivity index is 3.30. The number of aliphatic hydroxyl groups is 3. The first kappa shape index (κ1) is 9.98. The summed E-state index contributed by atoms with van der Waals surface area (Å²) in [6.45, 7) is -1.68. The Labute approximate surface area is 59.5 Å². The Bertz CT molecular complexity index is 55.7. The third kappa shape index (κ3) is 4.82. The van der Waals surface area contributed by atoms with Crippen LogP contribution in [0.5, 0.6) is 0 Å². The summed E-state index contributed by atoms with van der Waals surface area (Å²) in [5.41, 5.74) is 0. The monoisotopic (exact) mass is 169 g/mol. The van der Waals surface area contributed by atoms with Gasteiger partial charge in [0.1, 0.15) is 20.4 Å². The van der Waals surface area contributed by atoms with Gasteiger partial charge in [-0.15, -0.1) is 0 Å². The molecule has 0 aromatic heterocycles. The van der Waals surface area contributed by atoms with Gasteiger partial charge in [-0.2, -0.15) is 0 Å². The van der Waals surface area contributed by atoms with Crippen molar-refractivity contribution in [1.29, 1.82) is 0 Å². The second-order valence-electron chi connectivity index (χ2n) is 1.07. The molecule has 0 amide bonds. The molecule has 0 rings (SSSR count). The normalized spacial score (nSPS) is 10.8. The van der Waals surface area contributed by atoms with Crippen molar-refractivity contribution < 1.29 is 28.6 Å². The fourth-order valence-electron chi connectivity index (χ4n) is 0.283. The molecule has 0 aromatic carbocycles. The van der Waals surface area contributed by atoms with Gasteiger partial charge in [-0.3, -0.25) is 0 Å². The predicted molar refractivity (Wildman–Crippen MR) is 30.3 cm³/mol. The van der Waals surface area contributed by atoms with Crippen LogP contribution in [0.2, 0.25) is 0 Å². The molecule has 0 saturated carbocycles. The summed E-state index contributed by atoms with van der Waals surface area (Å²) in [5, 5.41) is 24.5. The average molecular weight is 169 g/mol. The van der Waals surface area contributed by atoms with Gasteiger partial charge in [-0.25, -0.2) is 0 Å². The molecule has 0 unspecified atom stereocenters. The van der Waals surface area contributed by atoms with Crippen LogP contribution in [-0.4, -0.2) is 45.2 Å². The van der Waals surface area contributed by atoms with Crippen molar-refractivity contribution in [2.75, 3.05) is 20.4 Å². The zero-order valence-electron chi connectivity index (χ0n) is 5.19. The third-order valence-corrected chi connectivity index (χ3v) is 1.64. The van der Waals surface area contributed by atoms with Crippen LogP contribution in [0.3, 0.4) is 0 Å². The minimum atomic E-state index is -2.15. The van der Waals surface area contributed by atoms with Crippen LogP contribution in [0.1, 0.15) is 0 Å². The van der Waals surface area contributed by atoms with Gasteiger partial charge in [0, 0.05) is 0 Å². The Morgan fingerprint density at radius 1 is 0.800 bits per heavy atom. The Hall–Kier alpha value is -0.0231. The highest BCUT2D eigenvalue weighted by molar-refractivity contribution is 6.36. The number of hydrogen-bond acceptors (Lipinski definition) is 6. The van der Waals surface area contributed by atoms with Gasteiger partial charge in [0.15, 0.2) is 0 Å². The SMILES string of the molecule is OCO[Si](OCO)OCO. The van der Waals surface area contributed by atoms with Crippen LogP contribution < -0.4 is 0 Å². The van der Waals surface area contributed by atoms with Crippen LogP contribution in [0, 0.1) is 0 Å². The van der Waals surface area contributed by atoms with E-state index in [4.69, 9.17) is 15.3 Å². The lowest BCUT2D eigenvalue weighted by Crippen LogP contribution is -2.28. The molecule has 7 heteroatoms. The lowest BCUT2D eigenvalue weighted by atomic mass is 11.6. The van der Waals surface area contributed by atoms with Gasteiger partial charge in [0.05, 0.1) is 0 Å². The minimum Gasteiger partial charge on any atom is -0.372 e. The lowest BCUT2D eigenvalue weighted by molar-refractivity contribution is -0.0403. The maximum Gasteiger partial charge on any atom is 0.583 e. The topological polar surface area (TPSA) is 88.4 Å². The third-order valence-electron chi connectivity index (χ3n) is 0.547. The van der Waals surface area contributed by atoms with E-state index in [1.54, 1.807) is 0 Å². The van der Waals surface area contributed by atoms with E-state index in [9.17, 15) is 0 Å². The molecule has 6 nitrogen and oxygen atoms in total. The van der Waals surface area contributed by atoms with E-state index in [1.165, 1.54) is 0 Å². The highest BCUT2D eigenvalue weighted by Crippen LogP contribution is 1.88. The van der Waals surface area contributed by atoms with Crippen molar-refractivity contribution >= 4 is 9.53 Å².